The summed E-state index contributed by atoms with van der Waals surface area (Å²) in [6, 6.07) is 18.2. The Morgan fingerprint density at radius 1 is 0.950 bits per heavy atom. The van der Waals surface area contributed by atoms with Gasteiger partial charge in [-0.05, 0) is 12.1 Å². The average Bonchev–Trinajstić information content (AvgIpc) is 2.94. The highest BCUT2D eigenvalue weighted by Gasteiger charge is 2.21. The Labute approximate surface area is 115 Å². The number of para-hydroxylation sites is 1. The van der Waals surface area contributed by atoms with E-state index in [4.69, 9.17) is 0 Å². The molecular formula is C15H11N3O2. The third-order valence-electron chi connectivity index (χ3n) is 2.92. The Morgan fingerprint density at radius 2 is 1.55 bits per heavy atom. The predicted octanol–water partition coefficient (Wildman–Crippen LogP) is 2.63. The van der Waals surface area contributed by atoms with Gasteiger partial charge in [0.15, 0.2) is 5.69 Å². The Hall–Kier alpha value is -2.95. The molecule has 0 saturated heterocycles. The minimum absolute atomic E-state index is 0.0578. The molecule has 0 radical (unpaired) electrons. The lowest BCUT2D eigenvalue weighted by atomic mass is 10.1. The van der Waals surface area contributed by atoms with E-state index < -0.39 is 5.97 Å². The molecule has 0 unspecified atom stereocenters. The molecule has 5 heteroatoms. The van der Waals surface area contributed by atoms with Crippen LogP contribution in [0.1, 0.15) is 10.5 Å². The molecule has 0 aliphatic heterocycles. The summed E-state index contributed by atoms with van der Waals surface area (Å²) in [5, 5.41) is 17.4. The first-order valence-corrected chi connectivity index (χ1v) is 6.07. The van der Waals surface area contributed by atoms with E-state index in [1.807, 2.05) is 48.5 Å². The number of hydrogen-bond donors (Lipinski definition) is 1. The van der Waals surface area contributed by atoms with Crippen molar-refractivity contribution in [2.45, 2.75) is 0 Å². The first kappa shape index (κ1) is 12.1. The molecule has 1 N–H and O–H groups in total. The van der Waals surface area contributed by atoms with Crippen LogP contribution in [0.4, 0.5) is 0 Å². The van der Waals surface area contributed by atoms with Gasteiger partial charge < -0.3 is 5.11 Å². The molecule has 1 aromatic heterocycles. The van der Waals surface area contributed by atoms with Crippen molar-refractivity contribution in [2.75, 3.05) is 0 Å². The lowest BCUT2D eigenvalue weighted by Crippen LogP contribution is -2.09. The summed E-state index contributed by atoms with van der Waals surface area (Å²) in [6.07, 6.45) is 0. The third-order valence-corrected chi connectivity index (χ3v) is 2.92. The molecule has 0 fully saturated rings. The smallest absolute Gasteiger partial charge is 0.357 e. The van der Waals surface area contributed by atoms with Gasteiger partial charge in [0.25, 0.3) is 0 Å². The molecule has 0 atom stereocenters. The van der Waals surface area contributed by atoms with Crippen LogP contribution in [-0.4, -0.2) is 26.1 Å². The van der Waals surface area contributed by atoms with Gasteiger partial charge in [-0.25, -0.2) is 9.48 Å². The Morgan fingerprint density at radius 3 is 2.15 bits per heavy atom. The maximum Gasteiger partial charge on any atom is 0.357 e. The van der Waals surface area contributed by atoms with Crippen molar-refractivity contribution < 1.29 is 9.90 Å². The SMILES string of the molecule is O=C(O)c1c(-c2ccccc2)nnn1-c1ccccc1. The molecule has 0 amide bonds. The van der Waals surface area contributed by atoms with Gasteiger partial charge in [-0.1, -0.05) is 53.7 Å². The second-order valence-corrected chi connectivity index (χ2v) is 4.21. The molecule has 0 bridgehead atoms. The maximum absolute atomic E-state index is 11.5. The Kier molecular flexibility index (Phi) is 3.01. The summed E-state index contributed by atoms with van der Waals surface area (Å²) in [5.74, 6) is -1.06. The number of aromatic nitrogens is 3. The van der Waals surface area contributed by atoms with E-state index in [1.54, 1.807) is 12.1 Å². The highest BCUT2D eigenvalue weighted by atomic mass is 16.4. The van der Waals surface area contributed by atoms with Gasteiger partial charge in [-0.15, -0.1) is 5.10 Å². The molecule has 0 saturated carbocycles. The van der Waals surface area contributed by atoms with Crippen molar-refractivity contribution in [3.63, 3.8) is 0 Å². The van der Waals surface area contributed by atoms with Crippen LogP contribution in [0.5, 0.6) is 0 Å². The number of hydrogen-bond acceptors (Lipinski definition) is 3. The van der Waals surface area contributed by atoms with Crippen LogP contribution in [-0.2, 0) is 0 Å². The van der Waals surface area contributed by atoms with Crippen molar-refractivity contribution in [2.24, 2.45) is 0 Å². The summed E-state index contributed by atoms with van der Waals surface area (Å²) in [5.41, 5.74) is 1.82. The van der Waals surface area contributed by atoms with Gasteiger partial charge >= 0.3 is 5.97 Å². The van der Waals surface area contributed by atoms with E-state index in [2.05, 4.69) is 10.3 Å². The number of aromatic carboxylic acids is 1. The van der Waals surface area contributed by atoms with Gasteiger partial charge in [-0.2, -0.15) is 0 Å². The lowest BCUT2D eigenvalue weighted by Gasteiger charge is -2.03. The highest BCUT2D eigenvalue weighted by Crippen LogP contribution is 2.23. The number of rotatable bonds is 3. The van der Waals surface area contributed by atoms with E-state index in [0.29, 0.717) is 11.4 Å². The van der Waals surface area contributed by atoms with Crippen LogP contribution in [0.15, 0.2) is 60.7 Å². The summed E-state index contributed by atoms with van der Waals surface area (Å²) < 4.78 is 1.34. The average molecular weight is 265 g/mol. The number of nitrogens with zero attached hydrogens (tertiary/aromatic N) is 3. The van der Waals surface area contributed by atoms with Gasteiger partial charge in [0.2, 0.25) is 0 Å². The minimum atomic E-state index is -1.06. The van der Waals surface area contributed by atoms with Crippen LogP contribution < -0.4 is 0 Å². The minimum Gasteiger partial charge on any atom is -0.476 e. The second kappa shape index (κ2) is 4.97. The Bertz CT molecular complexity index is 679. The standard InChI is InChI=1S/C15H11N3O2/c19-15(20)14-13(11-7-3-1-4-8-11)16-17-18(14)12-9-5-2-6-10-12/h1-10H,(H,19,20). The summed E-state index contributed by atoms with van der Waals surface area (Å²) in [4.78, 5) is 11.5. The Balaban J connectivity index is 2.20. The molecule has 0 aliphatic carbocycles. The quantitative estimate of drug-likeness (QED) is 0.790. The highest BCUT2D eigenvalue weighted by molar-refractivity contribution is 5.93. The molecular weight excluding hydrogens is 254 g/mol. The zero-order chi connectivity index (χ0) is 13.9. The molecule has 3 rings (SSSR count). The van der Waals surface area contributed by atoms with Crippen molar-refractivity contribution >= 4 is 5.97 Å². The second-order valence-electron chi connectivity index (χ2n) is 4.21. The van der Waals surface area contributed by atoms with Crippen molar-refractivity contribution in [3.05, 3.63) is 66.4 Å². The van der Waals surface area contributed by atoms with E-state index >= 15 is 0 Å². The van der Waals surface area contributed by atoms with E-state index in [-0.39, 0.29) is 5.69 Å². The van der Waals surface area contributed by atoms with Gasteiger partial charge in [0.05, 0.1) is 5.69 Å². The number of carboxylic acid groups (broad SMARTS) is 1. The zero-order valence-corrected chi connectivity index (χ0v) is 10.5. The normalized spacial score (nSPS) is 10.4. The van der Waals surface area contributed by atoms with Crippen molar-refractivity contribution in [3.8, 4) is 16.9 Å². The van der Waals surface area contributed by atoms with Gasteiger partial charge in [-0.3, -0.25) is 0 Å². The maximum atomic E-state index is 11.5. The lowest BCUT2D eigenvalue weighted by molar-refractivity contribution is 0.0688. The number of benzene rings is 2. The summed E-state index contributed by atoms with van der Waals surface area (Å²) in [7, 11) is 0. The van der Waals surface area contributed by atoms with Crippen LogP contribution >= 0.6 is 0 Å². The van der Waals surface area contributed by atoms with Crippen molar-refractivity contribution in [1.29, 1.82) is 0 Å². The van der Waals surface area contributed by atoms with Crippen LogP contribution in [0.25, 0.3) is 16.9 Å². The van der Waals surface area contributed by atoms with E-state index in [0.717, 1.165) is 5.56 Å². The number of carboxylic acids is 1. The van der Waals surface area contributed by atoms with Gasteiger partial charge in [0, 0.05) is 5.56 Å². The van der Waals surface area contributed by atoms with Crippen LogP contribution in [0.3, 0.4) is 0 Å². The van der Waals surface area contributed by atoms with Crippen LogP contribution in [0.2, 0.25) is 0 Å². The summed E-state index contributed by atoms with van der Waals surface area (Å²) >= 11 is 0. The summed E-state index contributed by atoms with van der Waals surface area (Å²) in [6.45, 7) is 0. The number of carbonyl (C=O) groups is 1. The first-order valence-electron chi connectivity index (χ1n) is 6.07. The molecule has 98 valence electrons. The zero-order valence-electron chi connectivity index (χ0n) is 10.5. The molecule has 20 heavy (non-hydrogen) atoms. The monoisotopic (exact) mass is 265 g/mol. The molecule has 5 nitrogen and oxygen atoms in total. The fourth-order valence-electron chi connectivity index (χ4n) is 2.01. The molecule has 3 aromatic rings. The first-order chi connectivity index (χ1) is 9.77. The molecule has 0 spiro atoms. The molecule has 0 aliphatic rings. The molecule has 1 heterocycles. The van der Waals surface area contributed by atoms with Crippen LogP contribution in [0, 0.1) is 0 Å². The topological polar surface area (TPSA) is 68.0 Å². The fraction of sp³-hybridized carbons (Fsp3) is 0. The molecule has 2 aromatic carbocycles. The largest absolute Gasteiger partial charge is 0.476 e. The third kappa shape index (κ3) is 2.05. The van der Waals surface area contributed by atoms with Gasteiger partial charge in [0.1, 0.15) is 5.69 Å². The van der Waals surface area contributed by atoms with Crippen molar-refractivity contribution in [1.82, 2.24) is 15.0 Å². The predicted molar refractivity (Wildman–Crippen MR) is 73.8 cm³/mol. The van der Waals surface area contributed by atoms with E-state index in [1.165, 1.54) is 4.68 Å². The fourth-order valence-corrected chi connectivity index (χ4v) is 2.01. The van der Waals surface area contributed by atoms with E-state index in [9.17, 15) is 9.90 Å².